The zero-order chi connectivity index (χ0) is 13.8. The van der Waals surface area contributed by atoms with E-state index in [1.165, 1.54) is 12.5 Å². The minimum absolute atomic E-state index is 0.0435. The molecular weight excluding hydrogens is 311 g/mol. The number of piperidine rings is 1. The van der Waals surface area contributed by atoms with E-state index in [2.05, 4.69) is 21.2 Å². The van der Waals surface area contributed by atoms with E-state index in [4.69, 9.17) is 0 Å². The Labute approximate surface area is 121 Å². The number of hydrogen-bond acceptors (Lipinski definition) is 2. The lowest BCUT2D eigenvalue weighted by Gasteiger charge is -2.29. The van der Waals surface area contributed by atoms with Gasteiger partial charge in [-0.15, -0.1) is 0 Å². The summed E-state index contributed by atoms with van der Waals surface area (Å²) >= 11 is 3.21. The molecule has 1 saturated heterocycles. The van der Waals surface area contributed by atoms with Gasteiger partial charge in [0.25, 0.3) is 0 Å². The zero-order valence-corrected chi connectivity index (χ0v) is 12.5. The van der Waals surface area contributed by atoms with Crippen molar-refractivity contribution in [3.05, 3.63) is 28.5 Å². The number of carbonyl (C=O) groups is 1. The molecule has 1 fully saturated rings. The van der Waals surface area contributed by atoms with Gasteiger partial charge in [0.2, 0.25) is 5.91 Å². The molecule has 19 heavy (non-hydrogen) atoms. The molecule has 1 aromatic carbocycles. The smallest absolute Gasteiger partial charge is 0.244 e. The largest absolute Gasteiger partial charge is 0.372 e. The van der Waals surface area contributed by atoms with E-state index >= 15 is 0 Å². The van der Waals surface area contributed by atoms with E-state index in [-0.39, 0.29) is 11.7 Å². The van der Waals surface area contributed by atoms with Gasteiger partial charge in [-0.05, 0) is 44.4 Å². The first-order valence-corrected chi connectivity index (χ1v) is 7.37. The van der Waals surface area contributed by atoms with E-state index in [0.717, 1.165) is 25.9 Å². The Kier molecular flexibility index (Phi) is 4.80. The molecule has 0 spiro atoms. The number of halogens is 2. The third-order valence-corrected chi connectivity index (χ3v) is 3.83. The number of anilines is 1. The molecule has 0 bridgehead atoms. The van der Waals surface area contributed by atoms with Gasteiger partial charge in [0.1, 0.15) is 11.9 Å². The Hall–Kier alpha value is -1.10. The van der Waals surface area contributed by atoms with Crippen molar-refractivity contribution in [1.29, 1.82) is 0 Å². The van der Waals surface area contributed by atoms with Crippen LogP contribution in [0.1, 0.15) is 26.2 Å². The van der Waals surface area contributed by atoms with Gasteiger partial charge in [0, 0.05) is 17.6 Å². The Morgan fingerprint density at radius 3 is 2.68 bits per heavy atom. The molecule has 104 valence electrons. The fourth-order valence-electron chi connectivity index (χ4n) is 2.29. The van der Waals surface area contributed by atoms with Gasteiger partial charge < -0.3 is 10.2 Å². The fourth-order valence-corrected chi connectivity index (χ4v) is 2.62. The third-order valence-electron chi connectivity index (χ3n) is 3.34. The Balaban J connectivity index is 1.99. The SMILES string of the molecule is CC(Nc1ccc(Br)cc1F)C(=O)N1CCCCC1. The molecule has 0 radical (unpaired) electrons. The molecule has 0 saturated carbocycles. The van der Waals surface area contributed by atoms with Crippen molar-refractivity contribution in [2.24, 2.45) is 0 Å². The summed E-state index contributed by atoms with van der Waals surface area (Å²) in [5.74, 6) is -0.310. The fraction of sp³-hybridized carbons (Fsp3) is 0.500. The average molecular weight is 329 g/mol. The summed E-state index contributed by atoms with van der Waals surface area (Å²) in [6.07, 6.45) is 3.31. The lowest BCUT2D eigenvalue weighted by Crippen LogP contribution is -2.44. The third kappa shape index (κ3) is 3.69. The zero-order valence-electron chi connectivity index (χ0n) is 11.0. The number of amides is 1. The van der Waals surface area contributed by atoms with Gasteiger partial charge in [0.05, 0.1) is 5.69 Å². The molecule has 3 nitrogen and oxygen atoms in total. The van der Waals surface area contributed by atoms with E-state index in [1.807, 2.05) is 4.90 Å². The predicted molar refractivity (Wildman–Crippen MR) is 77.6 cm³/mol. The highest BCUT2D eigenvalue weighted by Crippen LogP contribution is 2.20. The lowest BCUT2D eigenvalue weighted by molar-refractivity contribution is -0.132. The molecule has 1 atom stereocenters. The number of carbonyl (C=O) groups excluding carboxylic acids is 1. The molecule has 2 rings (SSSR count). The highest BCUT2D eigenvalue weighted by Gasteiger charge is 2.22. The monoisotopic (exact) mass is 328 g/mol. The number of likely N-dealkylation sites (tertiary alicyclic amines) is 1. The number of rotatable bonds is 3. The van der Waals surface area contributed by atoms with Crippen LogP contribution in [0.3, 0.4) is 0 Å². The quantitative estimate of drug-likeness (QED) is 0.922. The summed E-state index contributed by atoms with van der Waals surface area (Å²) < 4.78 is 14.4. The first kappa shape index (κ1) is 14.3. The van der Waals surface area contributed by atoms with Crippen LogP contribution in [-0.4, -0.2) is 29.9 Å². The van der Waals surface area contributed by atoms with E-state index < -0.39 is 6.04 Å². The second kappa shape index (κ2) is 6.37. The first-order chi connectivity index (χ1) is 9.08. The highest BCUT2D eigenvalue weighted by molar-refractivity contribution is 9.10. The van der Waals surface area contributed by atoms with Gasteiger partial charge in [-0.2, -0.15) is 0 Å². The van der Waals surface area contributed by atoms with E-state index in [1.54, 1.807) is 19.1 Å². The summed E-state index contributed by atoms with van der Waals surface area (Å²) in [6.45, 7) is 3.40. The Morgan fingerprint density at radius 2 is 2.05 bits per heavy atom. The van der Waals surface area contributed by atoms with Crippen LogP contribution in [0.4, 0.5) is 10.1 Å². The number of benzene rings is 1. The first-order valence-electron chi connectivity index (χ1n) is 6.58. The van der Waals surface area contributed by atoms with Gasteiger partial charge >= 0.3 is 0 Å². The van der Waals surface area contributed by atoms with Crippen molar-refractivity contribution >= 4 is 27.5 Å². The average Bonchev–Trinajstić information content (AvgIpc) is 2.42. The summed E-state index contributed by atoms with van der Waals surface area (Å²) in [5.41, 5.74) is 0.362. The Morgan fingerprint density at radius 1 is 1.37 bits per heavy atom. The highest BCUT2D eigenvalue weighted by atomic mass is 79.9. The van der Waals surface area contributed by atoms with Crippen molar-refractivity contribution in [3.8, 4) is 0 Å². The molecule has 1 aliphatic heterocycles. The van der Waals surface area contributed by atoms with Crippen LogP contribution in [0.25, 0.3) is 0 Å². The van der Waals surface area contributed by atoms with Crippen LogP contribution < -0.4 is 5.32 Å². The standard InChI is InChI=1S/C14H18BrFN2O/c1-10(14(19)18-7-3-2-4-8-18)17-13-6-5-11(15)9-12(13)16/h5-6,9-10,17H,2-4,7-8H2,1H3. The van der Waals surface area contributed by atoms with Crippen LogP contribution in [0.2, 0.25) is 0 Å². The molecule has 1 N–H and O–H groups in total. The molecule has 0 aromatic heterocycles. The van der Waals surface area contributed by atoms with Crippen molar-refractivity contribution in [2.45, 2.75) is 32.2 Å². The molecule has 1 amide bonds. The predicted octanol–water partition coefficient (Wildman–Crippen LogP) is 3.40. The van der Waals surface area contributed by atoms with Gasteiger partial charge in [-0.25, -0.2) is 4.39 Å². The molecule has 1 heterocycles. The van der Waals surface area contributed by atoms with Gasteiger partial charge in [-0.1, -0.05) is 15.9 Å². The summed E-state index contributed by atoms with van der Waals surface area (Å²) in [4.78, 5) is 14.1. The second-order valence-electron chi connectivity index (χ2n) is 4.88. The summed E-state index contributed by atoms with van der Waals surface area (Å²) in [7, 11) is 0. The van der Waals surface area contributed by atoms with E-state index in [9.17, 15) is 9.18 Å². The number of hydrogen-bond donors (Lipinski definition) is 1. The molecule has 1 aliphatic rings. The minimum atomic E-state index is -0.409. The maximum absolute atomic E-state index is 13.7. The summed E-state index contributed by atoms with van der Waals surface area (Å²) in [5, 5.41) is 2.95. The van der Waals surface area contributed by atoms with Crippen LogP contribution >= 0.6 is 15.9 Å². The maximum Gasteiger partial charge on any atom is 0.244 e. The van der Waals surface area contributed by atoms with Crippen LogP contribution in [0.5, 0.6) is 0 Å². The van der Waals surface area contributed by atoms with Crippen molar-refractivity contribution < 1.29 is 9.18 Å². The van der Waals surface area contributed by atoms with Gasteiger partial charge in [-0.3, -0.25) is 4.79 Å². The van der Waals surface area contributed by atoms with Crippen LogP contribution in [0, 0.1) is 5.82 Å². The molecule has 5 heteroatoms. The van der Waals surface area contributed by atoms with Crippen LogP contribution in [0.15, 0.2) is 22.7 Å². The van der Waals surface area contributed by atoms with Crippen molar-refractivity contribution in [1.82, 2.24) is 4.90 Å². The van der Waals surface area contributed by atoms with Gasteiger partial charge in [0.15, 0.2) is 0 Å². The Bertz CT molecular complexity index is 461. The maximum atomic E-state index is 13.7. The number of nitrogens with one attached hydrogen (secondary N) is 1. The summed E-state index contributed by atoms with van der Waals surface area (Å²) in [6, 6.07) is 4.37. The number of nitrogens with zero attached hydrogens (tertiary/aromatic N) is 1. The van der Waals surface area contributed by atoms with Crippen molar-refractivity contribution in [3.63, 3.8) is 0 Å². The molecule has 1 aromatic rings. The normalized spacial score (nSPS) is 17.1. The van der Waals surface area contributed by atoms with Crippen LogP contribution in [-0.2, 0) is 4.79 Å². The molecule has 1 unspecified atom stereocenters. The molecule has 0 aliphatic carbocycles. The van der Waals surface area contributed by atoms with E-state index in [0.29, 0.717) is 10.2 Å². The second-order valence-corrected chi connectivity index (χ2v) is 5.79. The topological polar surface area (TPSA) is 32.3 Å². The van der Waals surface area contributed by atoms with Crippen molar-refractivity contribution in [2.75, 3.05) is 18.4 Å². The minimum Gasteiger partial charge on any atom is -0.372 e. The lowest BCUT2D eigenvalue weighted by atomic mass is 10.1. The molecular formula is C14H18BrFN2O.